The zero-order chi connectivity index (χ0) is 13.0. The van der Waals surface area contributed by atoms with E-state index >= 15 is 0 Å². The summed E-state index contributed by atoms with van der Waals surface area (Å²) in [6.07, 6.45) is 8.30. The normalized spacial score (nSPS) is 16.6. The third-order valence-electron chi connectivity index (χ3n) is 3.53. The van der Waals surface area contributed by atoms with E-state index in [1.54, 1.807) is 0 Å². The Labute approximate surface area is 116 Å². The number of hydrazine groups is 1. The van der Waals surface area contributed by atoms with Crippen LogP contribution >= 0.6 is 15.9 Å². The Morgan fingerprint density at radius 1 is 1.39 bits per heavy atom. The lowest BCUT2D eigenvalue weighted by molar-refractivity contribution is 0.361. The van der Waals surface area contributed by atoms with E-state index in [1.165, 1.54) is 38.4 Å². The van der Waals surface area contributed by atoms with Crippen molar-refractivity contribution in [2.24, 2.45) is 11.8 Å². The van der Waals surface area contributed by atoms with Crippen molar-refractivity contribution in [3.8, 4) is 0 Å². The van der Waals surface area contributed by atoms with Gasteiger partial charge in [-0.2, -0.15) is 0 Å². The summed E-state index contributed by atoms with van der Waals surface area (Å²) in [6.45, 7) is 1.04. The van der Waals surface area contributed by atoms with Crippen LogP contribution in [0.2, 0.25) is 0 Å². The van der Waals surface area contributed by atoms with E-state index in [4.69, 9.17) is 5.84 Å². The topological polar surface area (TPSA) is 67.1 Å². The van der Waals surface area contributed by atoms with E-state index in [-0.39, 0.29) is 0 Å². The fourth-order valence-electron chi connectivity index (χ4n) is 2.57. The number of halogens is 1. The summed E-state index contributed by atoms with van der Waals surface area (Å²) in [5.74, 6) is 7.71. The number of hydrogen-bond acceptors (Lipinski definition) is 5. The minimum Gasteiger partial charge on any atom is -0.358 e. The van der Waals surface area contributed by atoms with Crippen LogP contribution in [0.4, 0.5) is 11.6 Å². The number of nitrogen functional groups attached to an aromatic ring is 1. The van der Waals surface area contributed by atoms with Crippen LogP contribution in [0.5, 0.6) is 0 Å². The Balaban J connectivity index is 2.05. The third kappa shape index (κ3) is 3.11. The molecule has 0 atom stereocenters. The summed E-state index contributed by atoms with van der Waals surface area (Å²) < 4.78 is 0.825. The minimum atomic E-state index is 0.621. The van der Waals surface area contributed by atoms with E-state index in [1.807, 2.05) is 0 Å². The molecule has 1 aromatic heterocycles. The summed E-state index contributed by atoms with van der Waals surface area (Å²) in [7, 11) is 2.07. The average molecular weight is 314 g/mol. The lowest BCUT2D eigenvalue weighted by Crippen LogP contribution is -2.28. The monoisotopic (exact) mass is 313 g/mol. The van der Waals surface area contributed by atoms with Gasteiger partial charge < -0.3 is 10.3 Å². The Kier molecular flexibility index (Phi) is 4.77. The van der Waals surface area contributed by atoms with Gasteiger partial charge >= 0.3 is 0 Å². The van der Waals surface area contributed by atoms with Crippen LogP contribution in [0.3, 0.4) is 0 Å². The second kappa shape index (κ2) is 6.33. The maximum atomic E-state index is 5.42. The molecule has 0 unspecified atom stereocenters. The number of nitrogens with one attached hydrogen (secondary N) is 1. The van der Waals surface area contributed by atoms with E-state index in [9.17, 15) is 0 Å². The molecule has 6 heteroatoms. The molecule has 0 amide bonds. The molecule has 1 aromatic rings. The van der Waals surface area contributed by atoms with Crippen molar-refractivity contribution in [3.63, 3.8) is 0 Å². The molecule has 1 saturated carbocycles. The number of hydrogen-bond donors (Lipinski definition) is 2. The molecule has 1 heterocycles. The van der Waals surface area contributed by atoms with Crippen molar-refractivity contribution in [1.82, 2.24) is 9.97 Å². The Morgan fingerprint density at radius 2 is 2.11 bits per heavy atom. The number of nitrogens with two attached hydrogens (primary N) is 1. The van der Waals surface area contributed by atoms with Gasteiger partial charge in [-0.25, -0.2) is 15.8 Å². The van der Waals surface area contributed by atoms with E-state index in [2.05, 4.69) is 43.3 Å². The molecule has 3 N–H and O–H groups in total. The van der Waals surface area contributed by atoms with E-state index < -0.39 is 0 Å². The fraction of sp³-hybridized carbons (Fsp3) is 0.667. The number of nitrogens with zero attached hydrogens (tertiary/aromatic N) is 3. The fourth-order valence-corrected chi connectivity index (χ4v) is 3.19. The van der Waals surface area contributed by atoms with Gasteiger partial charge in [0.2, 0.25) is 0 Å². The van der Waals surface area contributed by atoms with Gasteiger partial charge in [-0.3, -0.25) is 0 Å². The lowest BCUT2D eigenvalue weighted by atomic mass is 9.89. The number of aromatic nitrogens is 2. The number of rotatable bonds is 4. The molecule has 0 aliphatic heterocycles. The van der Waals surface area contributed by atoms with Crippen molar-refractivity contribution >= 4 is 27.6 Å². The zero-order valence-corrected chi connectivity index (χ0v) is 12.3. The molecule has 0 aromatic carbocycles. The van der Waals surface area contributed by atoms with Crippen molar-refractivity contribution in [2.75, 3.05) is 23.9 Å². The molecule has 0 radical (unpaired) electrons. The van der Waals surface area contributed by atoms with Crippen LogP contribution in [-0.4, -0.2) is 23.6 Å². The predicted octanol–water partition coefficient (Wildman–Crippen LogP) is 2.54. The zero-order valence-electron chi connectivity index (χ0n) is 10.7. The van der Waals surface area contributed by atoms with Gasteiger partial charge in [0.1, 0.15) is 16.6 Å². The third-order valence-corrected chi connectivity index (χ3v) is 4.26. The molecule has 0 saturated heterocycles. The first-order valence-corrected chi connectivity index (χ1v) is 7.20. The van der Waals surface area contributed by atoms with Gasteiger partial charge in [0.05, 0.1) is 0 Å². The highest BCUT2D eigenvalue weighted by molar-refractivity contribution is 9.10. The van der Waals surface area contributed by atoms with Crippen molar-refractivity contribution < 1.29 is 0 Å². The van der Waals surface area contributed by atoms with Crippen LogP contribution in [0.15, 0.2) is 10.8 Å². The highest BCUT2D eigenvalue weighted by atomic mass is 79.9. The molecular weight excluding hydrogens is 294 g/mol. The van der Waals surface area contributed by atoms with Crippen molar-refractivity contribution in [3.05, 3.63) is 10.8 Å². The van der Waals surface area contributed by atoms with Crippen LogP contribution in [0, 0.1) is 5.92 Å². The summed E-state index contributed by atoms with van der Waals surface area (Å²) in [5, 5.41) is 0. The Bertz CT molecular complexity index is 392. The van der Waals surface area contributed by atoms with Crippen LogP contribution in [0.25, 0.3) is 0 Å². The van der Waals surface area contributed by atoms with E-state index in [0.29, 0.717) is 5.82 Å². The van der Waals surface area contributed by atoms with Gasteiger partial charge in [-0.1, -0.05) is 19.3 Å². The van der Waals surface area contributed by atoms with Gasteiger partial charge in [-0.05, 0) is 34.7 Å². The lowest BCUT2D eigenvalue weighted by Gasteiger charge is -2.28. The molecule has 0 bridgehead atoms. The smallest absolute Gasteiger partial charge is 0.159 e. The maximum absolute atomic E-state index is 5.42. The first-order valence-electron chi connectivity index (χ1n) is 6.40. The molecular formula is C12H20BrN5. The van der Waals surface area contributed by atoms with Crippen LogP contribution < -0.4 is 16.2 Å². The molecule has 0 spiro atoms. The number of anilines is 2. The van der Waals surface area contributed by atoms with Gasteiger partial charge in [0.25, 0.3) is 0 Å². The quantitative estimate of drug-likeness (QED) is 0.660. The molecule has 100 valence electrons. The molecule has 1 aliphatic carbocycles. The Hall–Kier alpha value is -0.880. The Morgan fingerprint density at radius 3 is 2.78 bits per heavy atom. The maximum Gasteiger partial charge on any atom is 0.159 e. The molecule has 2 rings (SSSR count). The second-order valence-corrected chi connectivity index (χ2v) is 5.68. The highest BCUT2D eigenvalue weighted by Crippen LogP contribution is 2.30. The first kappa shape index (κ1) is 13.5. The van der Waals surface area contributed by atoms with Crippen molar-refractivity contribution in [1.29, 1.82) is 0 Å². The SMILES string of the molecule is CN(CC1CCCCC1)c1ncnc(NN)c1Br. The highest BCUT2D eigenvalue weighted by Gasteiger charge is 2.18. The van der Waals surface area contributed by atoms with Gasteiger partial charge in [0.15, 0.2) is 5.82 Å². The van der Waals surface area contributed by atoms with E-state index in [0.717, 1.165) is 22.8 Å². The van der Waals surface area contributed by atoms with Crippen LogP contribution in [0.1, 0.15) is 32.1 Å². The first-order chi connectivity index (χ1) is 8.72. The second-order valence-electron chi connectivity index (χ2n) is 4.89. The van der Waals surface area contributed by atoms with Gasteiger partial charge in [0, 0.05) is 13.6 Å². The van der Waals surface area contributed by atoms with Crippen molar-refractivity contribution in [2.45, 2.75) is 32.1 Å². The van der Waals surface area contributed by atoms with Crippen LogP contribution in [-0.2, 0) is 0 Å². The molecule has 1 aliphatic rings. The largest absolute Gasteiger partial charge is 0.358 e. The summed E-state index contributed by atoms with van der Waals surface area (Å²) in [4.78, 5) is 10.6. The predicted molar refractivity (Wildman–Crippen MR) is 77.4 cm³/mol. The molecule has 1 fully saturated rings. The summed E-state index contributed by atoms with van der Waals surface area (Å²) in [5.41, 5.74) is 2.57. The van der Waals surface area contributed by atoms with Gasteiger partial charge in [-0.15, -0.1) is 0 Å². The molecule has 18 heavy (non-hydrogen) atoms. The summed E-state index contributed by atoms with van der Waals surface area (Å²) >= 11 is 3.50. The average Bonchev–Trinajstić information content (AvgIpc) is 2.40. The summed E-state index contributed by atoms with van der Waals surface area (Å²) in [6, 6.07) is 0. The minimum absolute atomic E-state index is 0.621. The molecule has 5 nitrogen and oxygen atoms in total. The standard InChI is InChI=1S/C12H20BrN5/c1-18(7-9-5-3-2-4-6-9)12-10(13)11(17-14)15-8-16-12/h8-9H,2-7,14H2,1H3,(H,15,16,17).